The molecule has 0 amide bonds. The molecular formula is C12H20N2O2. The molecule has 0 aliphatic carbocycles. The summed E-state index contributed by atoms with van der Waals surface area (Å²) in [6.45, 7) is 3.50. The fourth-order valence-electron chi connectivity index (χ4n) is 2.24. The third kappa shape index (κ3) is 2.64. The Morgan fingerprint density at radius 1 is 1.62 bits per heavy atom. The van der Waals surface area contributed by atoms with E-state index in [9.17, 15) is 0 Å². The highest BCUT2D eigenvalue weighted by atomic mass is 16.5. The van der Waals surface area contributed by atoms with Gasteiger partial charge in [0.25, 0.3) is 0 Å². The average molecular weight is 224 g/mol. The first-order valence-corrected chi connectivity index (χ1v) is 5.84. The summed E-state index contributed by atoms with van der Waals surface area (Å²) in [5, 5.41) is 0. The maximum Gasteiger partial charge on any atom is 0.122 e. The molecule has 1 saturated heterocycles. The molecule has 4 heteroatoms. The fraction of sp³-hybridized carbons (Fsp3) is 0.667. The van der Waals surface area contributed by atoms with Crippen molar-refractivity contribution in [1.82, 2.24) is 4.90 Å². The lowest BCUT2D eigenvalue weighted by atomic mass is 10.1. The van der Waals surface area contributed by atoms with E-state index in [2.05, 4.69) is 4.90 Å². The van der Waals surface area contributed by atoms with E-state index < -0.39 is 0 Å². The van der Waals surface area contributed by atoms with E-state index in [4.69, 9.17) is 14.9 Å². The van der Waals surface area contributed by atoms with Gasteiger partial charge in [0, 0.05) is 25.8 Å². The maximum absolute atomic E-state index is 5.65. The van der Waals surface area contributed by atoms with Crippen molar-refractivity contribution < 1.29 is 9.15 Å². The number of ether oxygens (including phenoxy) is 1. The van der Waals surface area contributed by atoms with Crippen LogP contribution in [-0.4, -0.2) is 31.2 Å². The predicted octanol–water partition coefficient (Wildman–Crippen LogP) is 1.35. The molecule has 1 fully saturated rings. The lowest BCUT2D eigenvalue weighted by molar-refractivity contribution is 0.0262. The number of nitrogens with two attached hydrogens (primary N) is 1. The second kappa shape index (κ2) is 5.48. The number of rotatable bonds is 4. The van der Waals surface area contributed by atoms with Gasteiger partial charge in [-0.25, -0.2) is 0 Å². The minimum Gasteiger partial charge on any atom is -0.468 e. The molecule has 0 radical (unpaired) electrons. The van der Waals surface area contributed by atoms with Gasteiger partial charge in [0.05, 0.1) is 18.9 Å². The largest absolute Gasteiger partial charge is 0.468 e. The molecule has 1 aromatic heterocycles. The molecule has 90 valence electrons. The Bertz CT molecular complexity index is 325. The third-order valence-electron chi connectivity index (χ3n) is 3.22. The number of furan rings is 1. The number of hydrogen-bond acceptors (Lipinski definition) is 4. The van der Waals surface area contributed by atoms with Crippen molar-refractivity contribution in [3.05, 3.63) is 23.7 Å². The molecule has 0 saturated carbocycles. The van der Waals surface area contributed by atoms with E-state index in [1.54, 1.807) is 13.4 Å². The molecular weight excluding hydrogens is 204 g/mol. The Morgan fingerprint density at radius 2 is 2.50 bits per heavy atom. The van der Waals surface area contributed by atoms with Crippen LogP contribution < -0.4 is 5.73 Å². The molecule has 2 heterocycles. The van der Waals surface area contributed by atoms with E-state index in [1.807, 2.05) is 6.07 Å². The molecule has 2 N–H and O–H groups in total. The summed E-state index contributed by atoms with van der Waals surface area (Å²) in [6.07, 6.45) is 4.44. The van der Waals surface area contributed by atoms with E-state index in [0.717, 1.165) is 37.4 Å². The predicted molar refractivity (Wildman–Crippen MR) is 61.9 cm³/mol. The first kappa shape index (κ1) is 11.6. The van der Waals surface area contributed by atoms with Crippen LogP contribution in [0.4, 0.5) is 0 Å². The van der Waals surface area contributed by atoms with Crippen LogP contribution in [0.25, 0.3) is 0 Å². The van der Waals surface area contributed by atoms with Crippen molar-refractivity contribution in [2.45, 2.75) is 32.0 Å². The van der Waals surface area contributed by atoms with Crippen LogP contribution in [0.1, 0.15) is 24.2 Å². The van der Waals surface area contributed by atoms with Gasteiger partial charge in [-0.3, -0.25) is 4.90 Å². The van der Waals surface area contributed by atoms with Gasteiger partial charge in [0.2, 0.25) is 0 Å². The third-order valence-corrected chi connectivity index (χ3v) is 3.22. The highest BCUT2D eigenvalue weighted by Crippen LogP contribution is 2.18. The minimum atomic E-state index is 0.366. The van der Waals surface area contributed by atoms with Crippen LogP contribution in [0.3, 0.4) is 0 Å². The van der Waals surface area contributed by atoms with Gasteiger partial charge in [0.15, 0.2) is 0 Å². The summed E-state index contributed by atoms with van der Waals surface area (Å²) in [5.74, 6) is 0.999. The maximum atomic E-state index is 5.65. The molecule has 16 heavy (non-hydrogen) atoms. The van der Waals surface area contributed by atoms with E-state index in [0.29, 0.717) is 12.6 Å². The first-order valence-electron chi connectivity index (χ1n) is 5.84. The molecule has 1 aliphatic rings. The van der Waals surface area contributed by atoms with Gasteiger partial charge in [-0.1, -0.05) is 0 Å². The highest BCUT2D eigenvalue weighted by molar-refractivity contribution is 5.16. The second-order valence-electron chi connectivity index (χ2n) is 4.31. The molecule has 0 aromatic carbocycles. The van der Waals surface area contributed by atoms with Crippen LogP contribution in [0.5, 0.6) is 0 Å². The van der Waals surface area contributed by atoms with Crippen LogP contribution in [-0.2, 0) is 17.8 Å². The minimum absolute atomic E-state index is 0.366. The van der Waals surface area contributed by atoms with Crippen molar-refractivity contribution in [2.24, 2.45) is 5.73 Å². The van der Waals surface area contributed by atoms with Gasteiger partial charge in [-0.05, 0) is 25.5 Å². The van der Waals surface area contributed by atoms with Gasteiger partial charge >= 0.3 is 0 Å². The molecule has 0 spiro atoms. The van der Waals surface area contributed by atoms with Crippen LogP contribution in [0.15, 0.2) is 16.7 Å². The highest BCUT2D eigenvalue weighted by Gasteiger charge is 2.20. The quantitative estimate of drug-likeness (QED) is 0.838. The molecule has 1 aliphatic heterocycles. The fourth-order valence-corrected chi connectivity index (χ4v) is 2.24. The Labute approximate surface area is 96.4 Å². The average Bonchev–Trinajstić information content (AvgIpc) is 2.76. The van der Waals surface area contributed by atoms with E-state index >= 15 is 0 Å². The Morgan fingerprint density at radius 3 is 3.25 bits per heavy atom. The topological polar surface area (TPSA) is 51.6 Å². The summed E-state index contributed by atoms with van der Waals surface area (Å²) in [4.78, 5) is 2.37. The lowest BCUT2D eigenvalue weighted by Crippen LogP contribution is -2.38. The Hall–Kier alpha value is -0.840. The smallest absolute Gasteiger partial charge is 0.122 e. The lowest BCUT2D eigenvalue weighted by Gasteiger charge is -2.31. The normalized spacial score (nSPS) is 22.5. The van der Waals surface area contributed by atoms with Crippen molar-refractivity contribution >= 4 is 0 Å². The Kier molecular flexibility index (Phi) is 3.98. The zero-order valence-corrected chi connectivity index (χ0v) is 9.82. The second-order valence-corrected chi connectivity index (χ2v) is 4.31. The summed E-state index contributed by atoms with van der Waals surface area (Å²) < 4.78 is 10.9. The van der Waals surface area contributed by atoms with Crippen LogP contribution >= 0.6 is 0 Å². The van der Waals surface area contributed by atoms with Gasteiger partial charge in [0.1, 0.15) is 5.76 Å². The summed E-state index contributed by atoms with van der Waals surface area (Å²) in [5.41, 5.74) is 6.76. The monoisotopic (exact) mass is 224 g/mol. The number of piperidine rings is 1. The van der Waals surface area contributed by atoms with Crippen LogP contribution in [0, 0.1) is 0 Å². The number of likely N-dealkylation sites (tertiary alicyclic amines) is 1. The number of methoxy groups -OCH3 is 1. The van der Waals surface area contributed by atoms with E-state index in [1.165, 1.54) is 6.42 Å². The number of hydrogen-bond donors (Lipinski definition) is 1. The standard InChI is InChI=1S/C12H20N2O2/c1-15-11-3-2-5-14(8-11)9-12-10(7-13)4-6-16-12/h4,6,11H,2-3,5,7-9,13H2,1H3. The van der Waals surface area contributed by atoms with E-state index in [-0.39, 0.29) is 0 Å². The molecule has 4 nitrogen and oxygen atoms in total. The molecule has 1 atom stereocenters. The Balaban J connectivity index is 1.93. The molecule has 2 rings (SSSR count). The summed E-state index contributed by atoms with van der Waals surface area (Å²) in [7, 11) is 1.78. The summed E-state index contributed by atoms with van der Waals surface area (Å²) in [6, 6.07) is 1.95. The zero-order chi connectivity index (χ0) is 11.4. The van der Waals surface area contributed by atoms with Crippen molar-refractivity contribution in [3.8, 4) is 0 Å². The van der Waals surface area contributed by atoms with Crippen molar-refractivity contribution in [3.63, 3.8) is 0 Å². The number of nitrogens with zero attached hydrogens (tertiary/aromatic N) is 1. The van der Waals surface area contributed by atoms with Gasteiger partial charge < -0.3 is 14.9 Å². The van der Waals surface area contributed by atoms with Crippen molar-refractivity contribution in [2.75, 3.05) is 20.2 Å². The first-order chi connectivity index (χ1) is 7.83. The van der Waals surface area contributed by atoms with Crippen molar-refractivity contribution in [1.29, 1.82) is 0 Å². The van der Waals surface area contributed by atoms with Gasteiger partial charge in [-0.2, -0.15) is 0 Å². The van der Waals surface area contributed by atoms with Crippen LogP contribution in [0.2, 0.25) is 0 Å². The SMILES string of the molecule is COC1CCCN(Cc2occc2CN)C1. The molecule has 0 bridgehead atoms. The zero-order valence-electron chi connectivity index (χ0n) is 9.82. The molecule has 1 aromatic rings. The van der Waals surface area contributed by atoms with Gasteiger partial charge in [-0.15, -0.1) is 0 Å². The molecule has 1 unspecified atom stereocenters. The summed E-state index contributed by atoms with van der Waals surface area (Å²) >= 11 is 0.